The van der Waals surface area contributed by atoms with Crippen LogP contribution in [0.25, 0.3) is 0 Å². The number of hydrogen-bond donors (Lipinski definition) is 2. The molecule has 0 unspecified atom stereocenters. The van der Waals surface area contributed by atoms with Crippen LogP contribution >= 0.6 is 0 Å². The molecule has 5 heteroatoms. The number of carbonyl (C=O) groups excluding carboxylic acids is 1. The van der Waals surface area contributed by atoms with Gasteiger partial charge in [-0.15, -0.1) is 0 Å². The lowest BCUT2D eigenvalue weighted by atomic mass is 9.86. The highest BCUT2D eigenvalue weighted by Crippen LogP contribution is 2.20. The molecule has 2 rings (SSSR count). The molecule has 0 spiro atoms. The van der Waals surface area contributed by atoms with Crippen molar-refractivity contribution >= 4 is 11.9 Å². The Hall–Kier alpha value is -2.82. The second-order valence-corrected chi connectivity index (χ2v) is 8.00. The van der Waals surface area contributed by atoms with Crippen molar-refractivity contribution < 1.29 is 4.79 Å². The third-order valence-corrected chi connectivity index (χ3v) is 4.55. The molecule has 0 aliphatic carbocycles. The number of rotatable bonds is 7. The van der Waals surface area contributed by atoms with Crippen LogP contribution in [0.2, 0.25) is 0 Å². The number of hydrogen-bond acceptors (Lipinski definition) is 2. The van der Waals surface area contributed by atoms with Crippen LogP contribution < -0.4 is 10.6 Å². The molecule has 0 aliphatic heterocycles. The number of carbonyl (C=O) groups is 1. The summed E-state index contributed by atoms with van der Waals surface area (Å²) >= 11 is 0. The van der Waals surface area contributed by atoms with E-state index in [4.69, 9.17) is 0 Å². The quantitative estimate of drug-likeness (QED) is 0.572. The smallest absolute Gasteiger partial charge is 0.253 e. The predicted octanol–water partition coefficient (Wildman–Crippen LogP) is 3.32. The summed E-state index contributed by atoms with van der Waals surface area (Å²) in [6.45, 7) is 5.97. The molecule has 5 nitrogen and oxygen atoms in total. The van der Waals surface area contributed by atoms with E-state index in [2.05, 4.69) is 53.7 Å². The predicted molar refractivity (Wildman–Crippen MR) is 117 cm³/mol. The molecule has 28 heavy (non-hydrogen) atoms. The third-order valence-electron chi connectivity index (χ3n) is 4.55. The molecule has 0 heterocycles. The van der Waals surface area contributed by atoms with Crippen LogP contribution in [-0.4, -0.2) is 44.5 Å². The minimum atomic E-state index is 0.0117. The minimum Gasteiger partial charge on any atom is -0.356 e. The van der Waals surface area contributed by atoms with Gasteiger partial charge in [0.2, 0.25) is 0 Å². The Morgan fingerprint density at radius 2 is 1.61 bits per heavy atom. The van der Waals surface area contributed by atoms with E-state index in [1.54, 1.807) is 26.0 Å². The van der Waals surface area contributed by atoms with Crippen molar-refractivity contribution in [2.75, 3.05) is 27.7 Å². The van der Waals surface area contributed by atoms with E-state index in [-0.39, 0.29) is 11.3 Å². The number of amides is 1. The van der Waals surface area contributed by atoms with E-state index >= 15 is 0 Å². The van der Waals surface area contributed by atoms with Gasteiger partial charge in [0.15, 0.2) is 5.96 Å². The van der Waals surface area contributed by atoms with Gasteiger partial charge >= 0.3 is 0 Å². The molecule has 1 amide bonds. The van der Waals surface area contributed by atoms with Gasteiger partial charge in [0.1, 0.15) is 0 Å². The normalized spacial score (nSPS) is 11.8. The van der Waals surface area contributed by atoms with Crippen molar-refractivity contribution in [2.24, 2.45) is 10.4 Å². The number of aliphatic imine (C=N–C) groups is 1. The second kappa shape index (κ2) is 9.93. The Bertz CT molecular complexity index is 780. The van der Waals surface area contributed by atoms with E-state index in [1.165, 1.54) is 5.56 Å². The van der Waals surface area contributed by atoms with Crippen molar-refractivity contribution in [2.45, 2.75) is 26.8 Å². The number of benzene rings is 2. The van der Waals surface area contributed by atoms with Crippen molar-refractivity contribution in [3.8, 4) is 0 Å². The average Bonchev–Trinajstić information content (AvgIpc) is 2.68. The lowest BCUT2D eigenvalue weighted by Gasteiger charge is -2.26. The number of guanidine groups is 1. The Morgan fingerprint density at radius 3 is 2.18 bits per heavy atom. The molecule has 150 valence electrons. The molecule has 0 aliphatic rings. The van der Waals surface area contributed by atoms with Gasteiger partial charge in [-0.2, -0.15) is 0 Å². The highest BCUT2D eigenvalue weighted by Gasteiger charge is 2.19. The van der Waals surface area contributed by atoms with Gasteiger partial charge in [-0.3, -0.25) is 9.79 Å². The average molecular weight is 381 g/mol. The van der Waals surface area contributed by atoms with Crippen LogP contribution in [0.4, 0.5) is 0 Å². The van der Waals surface area contributed by atoms with Gasteiger partial charge in [-0.25, -0.2) is 0 Å². The maximum absolute atomic E-state index is 12.0. The summed E-state index contributed by atoms with van der Waals surface area (Å²) < 4.78 is 0. The Kier molecular flexibility index (Phi) is 7.61. The summed E-state index contributed by atoms with van der Waals surface area (Å²) in [6, 6.07) is 18.2. The summed E-state index contributed by atoms with van der Waals surface area (Å²) in [5.74, 6) is 0.784. The first-order valence-electron chi connectivity index (χ1n) is 9.60. The molecule has 2 N–H and O–H groups in total. The Labute approximate surface area is 168 Å². The zero-order valence-corrected chi connectivity index (χ0v) is 17.6. The zero-order valence-electron chi connectivity index (χ0n) is 17.6. The summed E-state index contributed by atoms with van der Waals surface area (Å²) in [7, 11) is 5.29. The largest absolute Gasteiger partial charge is 0.356 e. The van der Waals surface area contributed by atoms with Gasteiger partial charge in [0, 0.05) is 39.8 Å². The standard InChI is InChI=1S/C23H32N4O/c1-23(2,15-18-9-7-6-8-10-18)17-26-22(24-3)25-16-19-11-13-20(14-12-19)21(28)27(4)5/h6-14H,15-17H2,1-5H3,(H2,24,25,26). The Morgan fingerprint density at radius 1 is 0.964 bits per heavy atom. The van der Waals surface area contributed by atoms with Crippen LogP contribution in [0, 0.1) is 5.41 Å². The lowest BCUT2D eigenvalue weighted by molar-refractivity contribution is 0.0827. The molecule has 0 radical (unpaired) electrons. The molecule has 2 aromatic carbocycles. The van der Waals surface area contributed by atoms with Gasteiger partial charge in [0.25, 0.3) is 5.91 Å². The van der Waals surface area contributed by atoms with Crippen molar-refractivity contribution in [3.05, 3.63) is 71.3 Å². The summed E-state index contributed by atoms with van der Waals surface area (Å²) in [5, 5.41) is 6.76. The van der Waals surface area contributed by atoms with Crippen LogP contribution in [0.15, 0.2) is 59.6 Å². The molecule has 0 saturated carbocycles. The van der Waals surface area contributed by atoms with Crippen molar-refractivity contribution in [1.29, 1.82) is 0 Å². The lowest BCUT2D eigenvalue weighted by Crippen LogP contribution is -2.42. The third kappa shape index (κ3) is 6.72. The van der Waals surface area contributed by atoms with Gasteiger partial charge in [0.05, 0.1) is 0 Å². The molecule has 0 fully saturated rings. The molecule has 0 saturated heterocycles. The highest BCUT2D eigenvalue weighted by molar-refractivity contribution is 5.93. The summed E-state index contributed by atoms with van der Waals surface area (Å²) in [4.78, 5) is 17.9. The van der Waals surface area contributed by atoms with Gasteiger partial charge in [-0.05, 0) is 35.1 Å². The van der Waals surface area contributed by atoms with E-state index in [0.29, 0.717) is 12.1 Å². The Balaban J connectivity index is 1.85. The minimum absolute atomic E-state index is 0.0117. The van der Waals surface area contributed by atoms with Gasteiger partial charge < -0.3 is 15.5 Å². The molecule has 0 aromatic heterocycles. The molecule has 0 bridgehead atoms. The van der Waals surface area contributed by atoms with E-state index in [9.17, 15) is 4.79 Å². The molecular weight excluding hydrogens is 348 g/mol. The first-order valence-corrected chi connectivity index (χ1v) is 9.60. The van der Waals surface area contributed by atoms with Crippen molar-refractivity contribution in [3.63, 3.8) is 0 Å². The molecule has 2 aromatic rings. The maximum atomic E-state index is 12.0. The van der Waals surface area contributed by atoms with Gasteiger partial charge in [-0.1, -0.05) is 56.3 Å². The fraction of sp³-hybridized carbons (Fsp3) is 0.391. The molecule has 0 atom stereocenters. The topological polar surface area (TPSA) is 56.7 Å². The van der Waals surface area contributed by atoms with Crippen LogP contribution in [-0.2, 0) is 13.0 Å². The summed E-state index contributed by atoms with van der Waals surface area (Å²) in [5.41, 5.74) is 3.23. The van der Waals surface area contributed by atoms with Crippen molar-refractivity contribution in [1.82, 2.24) is 15.5 Å². The summed E-state index contributed by atoms with van der Waals surface area (Å²) in [6.07, 6.45) is 0.999. The van der Waals surface area contributed by atoms with E-state index in [1.807, 2.05) is 30.3 Å². The van der Waals surface area contributed by atoms with Crippen LogP contribution in [0.5, 0.6) is 0 Å². The number of nitrogens with one attached hydrogen (secondary N) is 2. The fourth-order valence-electron chi connectivity index (χ4n) is 2.96. The monoisotopic (exact) mass is 380 g/mol. The fourth-order valence-corrected chi connectivity index (χ4v) is 2.96. The van der Waals surface area contributed by atoms with Crippen LogP contribution in [0.1, 0.15) is 35.3 Å². The number of nitrogens with zero attached hydrogens (tertiary/aromatic N) is 2. The first-order chi connectivity index (χ1) is 13.3. The molecular formula is C23H32N4O. The first kappa shape index (κ1) is 21.5. The SMILES string of the molecule is CN=C(NCc1ccc(C(=O)N(C)C)cc1)NCC(C)(C)Cc1ccccc1. The highest BCUT2D eigenvalue weighted by atomic mass is 16.2. The second-order valence-electron chi connectivity index (χ2n) is 8.00. The van der Waals surface area contributed by atoms with Crippen LogP contribution in [0.3, 0.4) is 0 Å². The van der Waals surface area contributed by atoms with E-state index in [0.717, 1.165) is 24.5 Å². The maximum Gasteiger partial charge on any atom is 0.253 e. The van der Waals surface area contributed by atoms with E-state index < -0.39 is 0 Å². The zero-order chi connectivity index (χ0) is 20.6.